The molecule has 6 nitrogen and oxygen atoms in total. The Balaban J connectivity index is 1.95. The standard InChI is InChI=1S/C13H20N4O2/c1-9-6-12(17-14)11(8-15-9)13(18)16-7-10-2-4-19-5-3-10/h6,8,10H,2-5,7,14H2,1H3,(H,15,17)(H,16,18). The van der Waals surface area contributed by atoms with E-state index in [1.807, 2.05) is 6.92 Å². The molecule has 0 radical (unpaired) electrons. The zero-order valence-electron chi connectivity index (χ0n) is 11.1. The van der Waals surface area contributed by atoms with Gasteiger partial charge in [0.1, 0.15) is 0 Å². The van der Waals surface area contributed by atoms with Crippen LogP contribution in [0.4, 0.5) is 5.69 Å². The third-order valence-corrected chi connectivity index (χ3v) is 3.33. The SMILES string of the molecule is Cc1cc(NN)c(C(=O)NCC2CCOCC2)cn1. The summed E-state index contributed by atoms with van der Waals surface area (Å²) in [6, 6.07) is 1.75. The maximum Gasteiger partial charge on any atom is 0.255 e. The van der Waals surface area contributed by atoms with Gasteiger partial charge in [0.05, 0.1) is 11.3 Å². The van der Waals surface area contributed by atoms with Gasteiger partial charge in [-0.2, -0.15) is 0 Å². The number of amides is 1. The number of carbonyl (C=O) groups excluding carboxylic acids is 1. The summed E-state index contributed by atoms with van der Waals surface area (Å²) in [7, 11) is 0. The van der Waals surface area contributed by atoms with Crippen molar-refractivity contribution in [2.24, 2.45) is 11.8 Å². The van der Waals surface area contributed by atoms with Crippen molar-refractivity contribution < 1.29 is 9.53 Å². The predicted molar refractivity (Wildman–Crippen MR) is 72.7 cm³/mol. The molecular formula is C13H20N4O2. The lowest BCUT2D eigenvalue weighted by molar-refractivity contribution is 0.0643. The molecule has 1 aromatic heterocycles. The second-order valence-corrected chi connectivity index (χ2v) is 4.78. The summed E-state index contributed by atoms with van der Waals surface area (Å²) in [6.45, 7) is 4.08. The minimum absolute atomic E-state index is 0.146. The number of carbonyl (C=O) groups is 1. The Labute approximate surface area is 112 Å². The van der Waals surface area contributed by atoms with Crippen molar-refractivity contribution in [2.45, 2.75) is 19.8 Å². The fraction of sp³-hybridized carbons (Fsp3) is 0.538. The topological polar surface area (TPSA) is 89.3 Å². The van der Waals surface area contributed by atoms with E-state index in [9.17, 15) is 4.79 Å². The Kier molecular flexibility index (Phi) is 4.70. The molecule has 0 spiro atoms. The van der Waals surface area contributed by atoms with E-state index in [4.69, 9.17) is 10.6 Å². The van der Waals surface area contributed by atoms with Gasteiger partial charge in [-0.15, -0.1) is 0 Å². The van der Waals surface area contributed by atoms with Gasteiger partial charge in [-0.25, -0.2) is 0 Å². The molecular weight excluding hydrogens is 244 g/mol. The van der Waals surface area contributed by atoms with Gasteiger partial charge in [-0.1, -0.05) is 0 Å². The molecule has 0 unspecified atom stereocenters. The van der Waals surface area contributed by atoms with Crippen molar-refractivity contribution in [1.82, 2.24) is 10.3 Å². The van der Waals surface area contributed by atoms with Gasteiger partial charge in [0.15, 0.2) is 0 Å². The molecule has 2 rings (SSSR count). The number of aromatic nitrogens is 1. The van der Waals surface area contributed by atoms with E-state index < -0.39 is 0 Å². The summed E-state index contributed by atoms with van der Waals surface area (Å²) in [5.41, 5.74) is 4.42. The molecule has 0 atom stereocenters. The zero-order chi connectivity index (χ0) is 13.7. The van der Waals surface area contributed by atoms with Crippen LogP contribution < -0.4 is 16.6 Å². The smallest absolute Gasteiger partial charge is 0.255 e. The number of anilines is 1. The third kappa shape index (κ3) is 3.65. The number of aryl methyl sites for hydroxylation is 1. The molecule has 104 valence electrons. The minimum atomic E-state index is -0.146. The lowest BCUT2D eigenvalue weighted by Crippen LogP contribution is -2.32. The van der Waals surface area contributed by atoms with Gasteiger partial charge in [-0.3, -0.25) is 15.6 Å². The number of hydrazine groups is 1. The average molecular weight is 264 g/mol. The Hall–Kier alpha value is -1.66. The molecule has 0 aromatic carbocycles. The molecule has 0 saturated carbocycles. The van der Waals surface area contributed by atoms with E-state index in [1.54, 1.807) is 12.3 Å². The summed E-state index contributed by atoms with van der Waals surface area (Å²) in [5, 5.41) is 2.93. The fourth-order valence-corrected chi connectivity index (χ4v) is 2.14. The van der Waals surface area contributed by atoms with Crippen LogP contribution >= 0.6 is 0 Å². The number of hydrogen-bond donors (Lipinski definition) is 3. The molecule has 1 amide bonds. The first-order valence-corrected chi connectivity index (χ1v) is 6.50. The molecule has 1 aliphatic rings. The average Bonchev–Trinajstić information content (AvgIpc) is 2.45. The molecule has 1 aliphatic heterocycles. The molecule has 0 bridgehead atoms. The summed E-state index contributed by atoms with van der Waals surface area (Å²) in [4.78, 5) is 16.2. The van der Waals surface area contributed by atoms with Crippen LogP contribution in [-0.4, -0.2) is 30.6 Å². The Morgan fingerprint density at radius 2 is 2.26 bits per heavy atom. The molecule has 0 aliphatic carbocycles. The van der Waals surface area contributed by atoms with Crippen LogP contribution in [0.3, 0.4) is 0 Å². The fourth-order valence-electron chi connectivity index (χ4n) is 2.14. The van der Waals surface area contributed by atoms with Crippen LogP contribution in [0.25, 0.3) is 0 Å². The van der Waals surface area contributed by atoms with Gasteiger partial charge in [0.2, 0.25) is 0 Å². The van der Waals surface area contributed by atoms with E-state index in [0.717, 1.165) is 31.7 Å². The van der Waals surface area contributed by atoms with E-state index in [0.29, 0.717) is 23.7 Å². The van der Waals surface area contributed by atoms with Gasteiger partial charge in [0.25, 0.3) is 5.91 Å². The van der Waals surface area contributed by atoms with Crippen LogP contribution in [0.15, 0.2) is 12.3 Å². The Bertz CT molecular complexity index is 444. The van der Waals surface area contributed by atoms with Crippen molar-refractivity contribution in [1.29, 1.82) is 0 Å². The summed E-state index contributed by atoms with van der Waals surface area (Å²) >= 11 is 0. The highest BCUT2D eigenvalue weighted by Crippen LogP contribution is 2.16. The number of ether oxygens (including phenoxy) is 1. The highest BCUT2D eigenvalue weighted by Gasteiger charge is 2.17. The van der Waals surface area contributed by atoms with E-state index in [-0.39, 0.29) is 5.91 Å². The second kappa shape index (κ2) is 6.49. The normalized spacial score (nSPS) is 16.1. The lowest BCUT2D eigenvalue weighted by Gasteiger charge is -2.22. The number of nitrogens with one attached hydrogen (secondary N) is 2. The van der Waals surface area contributed by atoms with Gasteiger partial charge in [-0.05, 0) is 31.7 Å². The number of nitrogens with zero attached hydrogens (tertiary/aromatic N) is 1. The minimum Gasteiger partial charge on any atom is -0.381 e. The van der Waals surface area contributed by atoms with E-state index in [2.05, 4.69) is 15.7 Å². The molecule has 4 N–H and O–H groups in total. The van der Waals surface area contributed by atoms with Crippen LogP contribution in [0.5, 0.6) is 0 Å². The molecule has 1 aromatic rings. The first-order valence-electron chi connectivity index (χ1n) is 6.50. The zero-order valence-corrected chi connectivity index (χ0v) is 11.1. The van der Waals surface area contributed by atoms with Crippen molar-refractivity contribution in [3.8, 4) is 0 Å². The maximum absolute atomic E-state index is 12.1. The molecule has 1 fully saturated rings. The van der Waals surface area contributed by atoms with E-state index in [1.165, 1.54) is 0 Å². The van der Waals surface area contributed by atoms with Crippen molar-refractivity contribution in [3.05, 3.63) is 23.5 Å². The molecule has 2 heterocycles. The number of pyridine rings is 1. The molecule has 19 heavy (non-hydrogen) atoms. The number of hydrogen-bond acceptors (Lipinski definition) is 5. The number of nitrogens with two attached hydrogens (primary N) is 1. The van der Waals surface area contributed by atoms with Gasteiger partial charge < -0.3 is 15.5 Å². The highest BCUT2D eigenvalue weighted by molar-refractivity contribution is 5.99. The summed E-state index contributed by atoms with van der Waals surface area (Å²) < 4.78 is 5.29. The number of rotatable bonds is 4. The van der Waals surface area contributed by atoms with Crippen molar-refractivity contribution in [3.63, 3.8) is 0 Å². The van der Waals surface area contributed by atoms with Crippen molar-refractivity contribution >= 4 is 11.6 Å². The molecule has 1 saturated heterocycles. The lowest BCUT2D eigenvalue weighted by atomic mass is 10.0. The maximum atomic E-state index is 12.1. The third-order valence-electron chi connectivity index (χ3n) is 3.33. The molecule has 6 heteroatoms. The van der Waals surface area contributed by atoms with E-state index >= 15 is 0 Å². The largest absolute Gasteiger partial charge is 0.381 e. The number of nitrogen functional groups attached to an aromatic ring is 1. The summed E-state index contributed by atoms with van der Waals surface area (Å²) in [5.74, 6) is 5.77. The second-order valence-electron chi connectivity index (χ2n) is 4.78. The van der Waals surface area contributed by atoms with Crippen LogP contribution in [-0.2, 0) is 4.74 Å². The first-order chi connectivity index (χ1) is 9.20. The van der Waals surface area contributed by atoms with Crippen LogP contribution in [0.1, 0.15) is 28.9 Å². The highest BCUT2D eigenvalue weighted by atomic mass is 16.5. The quantitative estimate of drug-likeness (QED) is 0.553. The summed E-state index contributed by atoms with van der Waals surface area (Å²) in [6.07, 6.45) is 3.53. The Morgan fingerprint density at radius 3 is 2.95 bits per heavy atom. The van der Waals surface area contributed by atoms with Crippen molar-refractivity contribution in [2.75, 3.05) is 25.2 Å². The first kappa shape index (κ1) is 13.8. The monoisotopic (exact) mass is 264 g/mol. The van der Waals surface area contributed by atoms with Gasteiger partial charge >= 0.3 is 0 Å². The van der Waals surface area contributed by atoms with Crippen LogP contribution in [0.2, 0.25) is 0 Å². The van der Waals surface area contributed by atoms with Crippen LogP contribution in [0, 0.1) is 12.8 Å². The van der Waals surface area contributed by atoms with Gasteiger partial charge in [0, 0.05) is 31.6 Å². The Morgan fingerprint density at radius 1 is 1.53 bits per heavy atom. The predicted octanol–water partition coefficient (Wildman–Crippen LogP) is 0.832.